The van der Waals surface area contributed by atoms with Crippen molar-refractivity contribution in [1.82, 2.24) is 5.32 Å². The summed E-state index contributed by atoms with van der Waals surface area (Å²) in [5, 5.41) is 23.9. The van der Waals surface area contributed by atoms with Crippen LogP contribution < -0.4 is 5.32 Å². The van der Waals surface area contributed by atoms with Gasteiger partial charge in [-0.15, -0.1) is 0 Å². The zero-order chi connectivity index (χ0) is 47.4. The quantitative estimate of drug-likeness (QED) is 0.0321. The Kier molecular flexibility index (Phi) is 51.5. The molecule has 3 atom stereocenters. The standard InChI is InChI=1S/C59H111NO5/c1-4-7-10-13-16-19-22-25-27-29-30-32-34-37-40-43-46-49-52-59(64)65-55(50-47-44-41-38-35-24-21-18-15-12-9-6-3)53-58(63)60-56(54-61)57(62)51-48-45-42-39-36-33-31-28-26-23-20-17-14-11-8-5-2/h9,12,18,21,30,32,55-57,61-62H,4-8,10-11,13-17,19-20,22-29,31,33-54H2,1-3H3,(H,60,63)/b12-9+,21-18+,32-30+. The number of carbonyl (C=O) groups excluding carboxylic acids is 2. The first kappa shape index (κ1) is 63.1. The van der Waals surface area contributed by atoms with Gasteiger partial charge in [0.05, 0.1) is 25.2 Å². The molecule has 0 aliphatic carbocycles. The predicted octanol–water partition coefficient (Wildman–Crippen LogP) is 17.6. The summed E-state index contributed by atoms with van der Waals surface area (Å²) in [5.41, 5.74) is 0. The van der Waals surface area contributed by atoms with E-state index in [2.05, 4.69) is 62.5 Å². The largest absolute Gasteiger partial charge is 0.462 e. The van der Waals surface area contributed by atoms with E-state index in [9.17, 15) is 19.8 Å². The van der Waals surface area contributed by atoms with E-state index in [1.807, 2.05) is 0 Å². The zero-order valence-corrected chi connectivity index (χ0v) is 43.6. The monoisotopic (exact) mass is 914 g/mol. The Hall–Kier alpha value is -1.92. The van der Waals surface area contributed by atoms with E-state index in [0.717, 1.165) is 77.0 Å². The van der Waals surface area contributed by atoms with E-state index in [4.69, 9.17) is 4.74 Å². The first-order valence-electron chi connectivity index (χ1n) is 28.7. The molecular weight excluding hydrogens is 803 g/mol. The molecule has 65 heavy (non-hydrogen) atoms. The fraction of sp³-hybridized carbons (Fsp3) is 0.864. The van der Waals surface area contributed by atoms with E-state index in [-0.39, 0.29) is 24.9 Å². The van der Waals surface area contributed by atoms with Crippen LogP contribution in [0.1, 0.15) is 303 Å². The number of carbonyl (C=O) groups is 2. The fourth-order valence-corrected chi connectivity index (χ4v) is 8.88. The molecule has 0 aromatic heterocycles. The fourth-order valence-electron chi connectivity index (χ4n) is 8.88. The molecule has 6 heteroatoms. The molecule has 3 unspecified atom stereocenters. The van der Waals surface area contributed by atoms with Gasteiger partial charge in [-0.25, -0.2) is 0 Å². The predicted molar refractivity (Wildman–Crippen MR) is 282 cm³/mol. The van der Waals surface area contributed by atoms with Crippen molar-refractivity contribution in [3.63, 3.8) is 0 Å². The maximum absolute atomic E-state index is 13.2. The van der Waals surface area contributed by atoms with Crippen molar-refractivity contribution in [2.75, 3.05) is 6.61 Å². The molecule has 382 valence electrons. The van der Waals surface area contributed by atoms with Gasteiger partial charge in [0.2, 0.25) is 5.91 Å². The number of rotatable bonds is 52. The molecule has 0 aromatic carbocycles. The summed E-state index contributed by atoms with van der Waals surface area (Å²) in [4.78, 5) is 26.2. The minimum Gasteiger partial charge on any atom is -0.462 e. The lowest BCUT2D eigenvalue weighted by atomic mass is 10.0. The molecule has 0 heterocycles. The Morgan fingerprint density at radius 3 is 1.26 bits per heavy atom. The summed E-state index contributed by atoms with van der Waals surface area (Å²) in [6, 6.07) is -0.706. The van der Waals surface area contributed by atoms with Crippen LogP contribution in [-0.2, 0) is 14.3 Å². The number of hydrogen-bond donors (Lipinski definition) is 3. The van der Waals surface area contributed by atoms with E-state index >= 15 is 0 Å². The van der Waals surface area contributed by atoms with Crippen LogP contribution in [0, 0.1) is 0 Å². The van der Waals surface area contributed by atoms with Gasteiger partial charge in [-0.05, 0) is 77.0 Å². The summed E-state index contributed by atoms with van der Waals surface area (Å²) < 4.78 is 5.94. The van der Waals surface area contributed by atoms with Crippen molar-refractivity contribution in [3.05, 3.63) is 36.5 Å². The normalized spacial score (nSPS) is 13.4. The highest BCUT2D eigenvalue weighted by atomic mass is 16.5. The molecular formula is C59H111NO5. The van der Waals surface area contributed by atoms with Gasteiger partial charge in [0.15, 0.2) is 0 Å². The number of allylic oxidation sites excluding steroid dienone is 6. The van der Waals surface area contributed by atoms with Gasteiger partial charge in [-0.3, -0.25) is 9.59 Å². The maximum atomic E-state index is 13.2. The summed E-state index contributed by atoms with van der Waals surface area (Å²) in [6.45, 7) is 6.40. The number of amides is 1. The third kappa shape index (κ3) is 48.3. The van der Waals surface area contributed by atoms with E-state index in [1.165, 1.54) is 180 Å². The third-order valence-electron chi connectivity index (χ3n) is 13.2. The SMILES string of the molecule is CC/C=C/C/C=C/CCCCCCCC(CC(=O)NC(CO)C(O)CCCCCCCCCCCCCCCCCC)OC(=O)CCCCCCC/C=C/CCCCCCCCCCC. The van der Waals surface area contributed by atoms with Crippen molar-refractivity contribution >= 4 is 11.9 Å². The Morgan fingerprint density at radius 1 is 0.462 bits per heavy atom. The Bertz CT molecular complexity index is 1070. The van der Waals surface area contributed by atoms with Gasteiger partial charge >= 0.3 is 5.97 Å². The minimum atomic E-state index is -0.792. The van der Waals surface area contributed by atoms with E-state index in [0.29, 0.717) is 19.3 Å². The molecule has 1 amide bonds. The first-order valence-corrected chi connectivity index (χ1v) is 28.7. The van der Waals surface area contributed by atoms with Crippen LogP contribution in [0.2, 0.25) is 0 Å². The van der Waals surface area contributed by atoms with Crippen molar-refractivity contribution in [2.45, 2.75) is 322 Å². The molecule has 0 fully saturated rings. The highest BCUT2D eigenvalue weighted by Gasteiger charge is 2.24. The Balaban J connectivity index is 4.48. The molecule has 0 aliphatic rings. The van der Waals surface area contributed by atoms with Crippen LogP contribution in [0.5, 0.6) is 0 Å². The lowest BCUT2D eigenvalue weighted by molar-refractivity contribution is -0.151. The molecule has 0 aromatic rings. The third-order valence-corrected chi connectivity index (χ3v) is 13.2. The van der Waals surface area contributed by atoms with Crippen molar-refractivity contribution in [1.29, 1.82) is 0 Å². The lowest BCUT2D eigenvalue weighted by Crippen LogP contribution is -2.46. The Labute approximate surface area is 404 Å². The highest BCUT2D eigenvalue weighted by Crippen LogP contribution is 2.18. The molecule has 0 saturated carbocycles. The number of nitrogens with one attached hydrogen (secondary N) is 1. The van der Waals surface area contributed by atoms with Crippen molar-refractivity contribution in [3.8, 4) is 0 Å². The summed E-state index contributed by atoms with van der Waals surface area (Å²) >= 11 is 0. The van der Waals surface area contributed by atoms with Crippen molar-refractivity contribution < 1.29 is 24.5 Å². The molecule has 3 N–H and O–H groups in total. The van der Waals surface area contributed by atoms with Crippen LogP contribution in [0.3, 0.4) is 0 Å². The Morgan fingerprint density at radius 2 is 0.831 bits per heavy atom. The molecule has 0 radical (unpaired) electrons. The van der Waals surface area contributed by atoms with Crippen LogP contribution in [-0.4, -0.2) is 46.9 Å². The number of aliphatic hydroxyl groups excluding tert-OH is 2. The lowest BCUT2D eigenvalue weighted by Gasteiger charge is -2.24. The summed E-state index contributed by atoms with van der Waals surface area (Å²) in [6.07, 6.45) is 63.6. The maximum Gasteiger partial charge on any atom is 0.306 e. The molecule has 6 nitrogen and oxygen atoms in total. The van der Waals surface area contributed by atoms with Crippen LogP contribution in [0.15, 0.2) is 36.5 Å². The van der Waals surface area contributed by atoms with Gasteiger partial charge in [-0.1, -0.05) is 250 Å². The second-order valence-corrected chi connectivity index (χ2v) is 19.7. The number of unbranched alkanes of at least 4 members (excludes halogenated alkanes) is 34. The van der Waals surface area contributed by atoms with Crippen LogP contribution in [0.25, 0.3) is 0 Å². The van der Waals surface area contributed by atoms with Gasteiger partial charge in [0.25, 0.3) is 0 Å². The molecule has 0 rings (SSSR count). The average Bonchev–Trinajstić information content (AvgIpc) is 3.30. The van der Waals surface area contributed by atoms with Gasteiger partial charge in [0, 0.05) is 6.42 Å². The van der Waals surface area contributed by atoms with E-state index in [1.54, 1.807) is 0 Å². The summed E-state index contributed by atoms with van der Waals surface area (Å²) in [5.74, 6) is -0.485. The second-order valence-electron chi connectivity index (χ2n) is 19.7. The van der Waals surface area contributed by atoms with Gasteiger partial charge in [-0.2, -0.15) is 0 Å². The van der Waals surface area contributed by atoms with Gasteiger partial charge in [0.1, 0.15) is 6.10 Å². The molecule has 0 spiro atoms. The zero-order valence-electron chi connectivity index (χ0n) is 43.6. The topological polar surface area (TPSA) is 95.9 Å². The molecule has 0 bridgehead atoms. The highest BCUT2D eigenvalue weighted by molar-refractivity contribution is 5.77. The van der Waals surface area contributed by atoms with E-state index < -0.39 is 18.2 Å². The van der Waals surface area contributed by atoms with Crippen LogP contribution >= 0.6 is 0 Å². The number of aliphatic hydroxyl groups is 2. The molecule has 0 saturated heterocycles. The second kappa shape index (κ2) is 53.0. The smallest absolute Gasteiger partial charge is 0.306 e. The summed E-state index contributed by atoms with van der Waals surface area (Å²) in [7, 11) is 0. The van der Waals surface area contributed by atoms with Gasteiger partial charge < -0.3 is 20.3 Å². The first-order chi connectivity index (χ1) is 32.0. The number of esters is 1. The van der Waals surface area contributed by atoms with Crippen LogP contribution in [0.4, 0.5) is 0 Å². The number of ether oxygens (including phenoxy) is 1. The average molecular weight is 915 g/mol. The van der Waals surface area contributed by atoms with Crippen molar-refractivity contribution in [2.24, 2.45) is 0 Å². The molecule has 0 aliphatic heterocycles. The minimum absolute atomic E-state index is 0.0674. The number of hydrogen-bond acceptors (Lipinski definition) is 5.